The zero-order chi connectivity index (χ0) is 14.1. The molecule has 0 aliphatic heterocycles. The number of hydrogen-bond acceptors (Lipinski definition) is 2. The van der Waals surface area contributed by atoms with Crippen LogP contribution in [0.3, 0.4) is 0 Å². The molecule has 0 aliphatic carbocycles. The van der Waals surface area contributed by atoms with E-state index in [9.17, 15) is 21.6 Å². The lowest BCUT2D eigenvalue weighted by atomic mass is 10.2. The van der Waals surface area contributed by atoms with Gasteiger partial charge in [-0.15, -0.1) is 11.6 Å². The van der Waals surface area contributed by atoms with Crippen LogP contribution in [0.15, 0.2) is 27.6 Å². The Labute approximate surface area is 116 Å². The van der Waals surface area contributed by atoms with E-state index in [1.807, 2.05) is 0 Å². The molecule has 0 amide bonds. The summed E-state index contributed by atoms with van der Waals surface area (Å²) in [7, 11) is -4.11. The first kappa shape index (κ1) is 15.8. The lowest BCUT2D eigenvalue weighted by Gasteiger charge is -2.16. The number of hydrogen-bond donors (Lipinski definition) is 0. The van der Waals surface area contributed by atoms with E-state index in [4.69, 9.17) is 11.6 Å². The van der Waals surface area contributed by atoms with Crippen molar-refractivity contribution in [2.75, 3.05) is 5.88 Å². The molecule has 0 saturated carbocycles. The standard InChI is InChI=1S/C10H9BrClF3O2S/c1-6(5-12)18(16,17)9-4-7(11)2-3-8(9)10(13,14)15/h2-4,6H,5H2,1H3. The average Bonchev–Trinajstić information content (AvgIpc) is 2.26. The lowest BCUT2D eigenvalue weighted by Crippen LogP contribution is -2.23. The fourth-order valence-electron chi connectivity index (χ4n) is 1.27. The zero-order valence-electron chi connectivity index (χ0n) is 9.13. The molecular weight excluding hydrogens is 357 g/mol. The Morgan fingerprint density at radius 1 is 1.39 bits per heavy atom. The van der Waals surface area contributed by atoms with Crippen LogP contribution in [0, 0.1) is 0 Å². The van der Waals surface area contributed by atoms with E-state index in [0.29, 0.717) is 0 Å². The van der Waals surface area contributed by atoms with Crippen LogP contribution in [0.2, 0.25) is 0 Å². The normalized spacial score (nSPS) is 14.6. The molecule has 0 saturated heterocycles. The molecule has 8 heteroatoms. The molecule has 0 bridgehead atoms. The minimum absolute atomic E-state index is 0.260. The van der Waals surface area contributed by atoms with Crippen molar-refractivity contribution in [3.63, 3.8) is 0 Å². The summed E-state index contributed by atoms with van der Waals surface area (Å²) in [4.78, 5) is -0.752. The maximum Gasteiger partial charge on any atom is 0.417 e. The number of alkyl halides is 4. The molecule has 0 heterocycles. The third kappa shape index (κ3) is 3.19. The van der Waals surface area contributed by atoms with E-state index in [1.54, 1.807) is 0 Å². The number of sulfone groups is 1. The molecule has 0 aromatic heterocycles. The van der Waals surface area contributed by atoms with Gasteiger partial charge in [0.25, 0.3) is 0 Å². The van der Waals surface area contributed by atoms with Crippen molar-refractivity contribution in [3.05, 3.63) is 28.2 Å². The first-order chi connectivity index (χ1) is 8.10. The van der Waals surface area contributed by atoms with Gasteiger partial charge in [-0.25, -0.2) is 8.42 Å². The van der Waals surface area contributed by atoms with E-state index in [0.717, 1.165) is 18.2 Å². The summed E-state index contributed by atoms with van der Waals surface area (Å²) in [6.45, 7) is 1.27. The Balaban J connectivity index is 3.54. The molecule has 0 spiro atoms. The Morgan fingerprint density at radius 3 is 2.39 bits per heavy atom. The van der Waals surface area contributed by atoms with Crippen LogP contribution in [0.25, 0.3) is 0 Å². The van der Waals surface area contributed by atoms with Crippen LogP contribution in [0.4, 0.5) is 13.2 Å². The SMILES string of the molecule is CC(CCl)S(=O)(=O)c1cc(Br)ccc1C(F)(F)F. The van der Waals surface area contributed by atoms with Crippen LogP contribution in [-0.4, -0.2) is 19.5 Å². The van der Waals surface area contributed by atoms with Gasteiger partial charge in [0.05, 0.1) is 15.7 Å². The van der Waals surface area contributed by atoms with E-state index < -0.39 is 31.7 Å². The minimum atomic E-state index is -4.73. The van der Waals surface area contributed by atoms with E-state index >= 15 is 0 Å². The monoisotopic (exact) mass is 364 g/mol. The summed E-state index contributed by atoms with van der Waals surface area (Å²) >= 11 is 8.38. The third-order valence-electron chi connectivity index (χ3n) is 2.30. The fraction of sp³-hybridized carbons (Fsp3) is 0.400. The highest BCUT2D eigenvalue weighted by Crippen LogP contribution is 2.36. The van der Waals surface area contributed by atoms with Crippen molar-refractivity contribution in [1.82, 2.24) is 0 Å². The molecule has 0 N–H and O–H groups in total. The first-order valence-corrected chi connectivity index (χ1v) is 7.64. The summed E-state index contributed by atoms with van der Waals surface area (Å²) in [6, 6.07) is 2.83. The molecule has 2 nitrogen and oxygen atoms in total. The molecule has 0 radical (unpaired) electrons. The zero-order valence-corrected chi connectivity index (χ0v) is 12.3. The number of halogens is 5. The maximum absolute atomic E-state index is 12.8. The van der Waals surface area contributed by atoms with Gasteiger partial charge in [-0.2, -0.15) is 13.2 Å². The first-order valence-electron chi connectivity index (χ1n) is 4.77. The maximum atomic E-state index is 12.8. The molecule has 1 unspecified atom stereocenters. The summed E-state index contributed by atoms with van der Waals surface area (Å²) in [6.07, 6.45) is -4.73. The average molecular weight is 366 g/mol. The van der Waals surface area contributed by atoms with Gasteiger partial charge in [-0.05, 0) is 25.1 Å². The molecule has 1 atom stereocenters. The van der Waals surface area contributed by atoms with E-state index in [1.165, 1.54) is 6.92 Å². The fourth-order valence-corrected chi connectivity index (χ4v) is 3.66. The Bertz CT molecular complexity index is 543. The quantitative estimate of drug-likeness (QED) is 0.762. The molecular formula is C10H9BrClF3O2S. The second kappa shape index (κ2) is 5.38. The smallest absolute Gasteiger partial charge is 0.223 e. The minimum Gasteiger partial charge on any atom is -0.223 e. The van der Waals surface area contributed by atoms with Crippen LogP contribution in [0.1, 0.15) is 12.5 Å². The van der Waals surface area contributed by atoms with Crippen molar-refractivity contribution >= 4 is 37.4 Å². The summed E-state index contributed by atoms with van der Waals surface area (Å²) in [5.74, 6) is -0.272. The van der Waals surface area contributed by atoms with Gasteiger partial charge < -0.3 is 0 Å². The highest BCUT2D eigenvalue weighted by atomic mass is 79.9. The van der Waals surface area contributed by atoms with Crippen molar-refractivity contribution in [3.8, 4) is 0 Å². The van der Waals surface area contributed by atoms with Crippen LogP contribution < -0.4 is 0 Å². The van der Waals surface area contributed by atoms with Gasteiger partial charge in [0.2, 0.25) is 0 Å². The molecule has 18 heavy (non-hydrogen) atoms. The van der Waals surface area contributed by atoms with Crippen molar-refractivity contribution in [1.29, 1.82) is 0 Å². The molecule has 0 aliphatic rings. The largest absolute Gasteiger partial charge is 0.417 e. The number of benzene rings is 1. The third-order valence-corrected chi connectivity index (χ3v) is 5.62. The van der Waals surface area contributed by atoms with Crippen LogP contribution >= 0.6 is 27.5 Å². The predicted molar refractivity (Wildman–Crippen MR) is 66.5 cm³/mol. The van der Waals surface area contributed by atoms with Crippen molar-refractivity contribution in [2.24, 2.45) is 0 Å². The second-order valence-electron chi connectivity index (χ2n) is 3.65. The molecule has 102 valence electrons. The lowest BCUT2D eigenvalue weighted by molar-refractivity contribution is -0.139. The Kier molecular flexibility index (Phi) is 4.72. The predicted octanol–water partition coefficient (Wildman–Crippen LogP) is 3.87. The van der Waals surface area contributed by atoms with E-state index in [2.05, 4.69) is 15.9 Å². The van der Waals surface area contributed by atoms with Gasteiger partial charge in [0.1, 0.15) is 0 Å². The molecule has 1 aromatic carbocycles. The summed E-state index contributed by atoms with van der Waals surface area (Å²) < 4.78 is 62.5. The van der Waals surface area contributed by atoms with E-state index in [-0.39, 0.29) is 10.4 Å². The van der Waals surface area contributed by atoms with Crippen LogP contribution in [-0.2, 0) is 16.0 Å². The highest BCUT2D eigenvalue weighted by Gasteiger charge is 2.38. The molecule has 0 fully saturated rings. The van der Waals surface area contributed by atoms with Gasteiger partial charge in [-0.1, -0.05) is 15.9 Å². The van der Waals surface area contributed by atoms with Gasteiger partial charge >= 0.3 is 6.18 Å². The summed E-state index contributed by atoms with van der Waals surface area (Å²) in [5, 5.41) is -1.09. The molecule has 1 aromatic rings. The summed E-state index contributed by atoms with van der Waals surface area (Å²) in [5.41, 5.74) is -1.18. The Morgan fingerprint density at radius 2 is 1.94 bits per heavy atom. The number of rotatable bonds is 3. The van der Waals surface area contributed by atoms with Gasteiger partial charge in [0.15, 0.2) is 9.84 Å². The second-order valence-corrected chi connectivity index (χ2v) is 7.21. The van der Waals surface area contributed by atoms with Gasteiger partial charge in [-0.3, -0.25) is 0 Å². The van der Waals surface area contributed by atoms with Crippen molar-refractivity contribution < 1.29 is 21.6 Å². The van der Waals surface area contributed by atoms with Gasteiger partial charge in [0, 0.05) is 10.4 Å². The van der Waals surface area contributed by atoms with Crippen LogP contribution in [0.5, 0.6) is 0 Å². The molecule has 1 rings (SSSR count). The van der Waals surface area contributed by atoms with Crippen molar-refractivity contribution in [2.45, 2.75) is 23.2 Å². The Hall–Kier alpha value is -0.270. The highest BCUT2D eigenvalue weighted by molar-refractivity contribution is 9.10. The topological polar surface area (TPSA) is 34.1 Å².